The van der Waals surface area contributed by atoms with Gasteiger partial charge in [-0.25, -0.2) is 9.78 Å². The molecule has 1 aromatic heterocycles. The molecule has 1 aliphatic heterocycles. The molecule has 5 rings (SSSR count). The Kier molecular flexibility index (Phi) is 5.78. The standard InChI is InChI=1S/C23H22N4O3.ClH/c28-21(26-20-14-24-18-8-4-5-9-19(18)25-20)16-10-12-23(13-11-16)15-27(22(29)30-23)17-6-2-1-3-7-17;/h1-9,14,16H,10-13,15H2,(H,25,26,28);1H/t16-,23-;. The predicted molar refractivity (Wildman–Crippen MR) is 120 cm³/mol. The number of aromatic nitrogens is 2. The van der Waals surface area contributed by atoms with Crippen LogP contribution in [0.1, 0.15) is 25.7 Å². The van der Waals surface area contributed by atoms with E-state index in [0.717, 1.165) is 16.7 Å². The number of amides is 2. The number of anilines is 2. The van der Waals surface area contributed by atoms with Gasteiger partial charge in [0.05, 0.1) is 23.8 Å². The summed E-state index contributed by atoms with van der Waals surface area (Å²) in [5.41, 5.74) is 1.87. The van der Waals surface area contributed by atoms with Gasteiger partial charge >= 0.3 is 6.09 Å². The molecule has 8 heteroatoms. The molecule has 31 heavy (non-hydrogen) atoms. The van der Waals surface area contributed by atoms with Crippen LogP contribution in [0.15, 0.2) is 60.8 Å². The minimum Gasteiger partial charge on any atom is -0.441 e. The van der Waals surface area contributed by atoms with Crippen molar-refractivity contribution in [2.45, 2.75) is 31.3 Å². The Bertz CT molecular complexity index is 1100. The lowest BCUT2D eigenvalue weighted by atomic mass is 9.78. The lowest BCUT2D eigenvalue weighted by Gasteiger charge is -2.34. The molecule has 7 nitrogen and oxygen atoms in total. The van der Waals surface area contributed by atoms with Crippen molar-refractivity contribution in [3.05, 3.63) is 60.8 Å². The van der Waals surface area contributed by atoms with Gasteiger partial charge in [0.2, 0.25) is 5.91 Å². The SMILES string of the molecule is Cl.O=C1O[C@]2(CC[C@H](C(=O)Nc3cnc4ccccc4n3)CC2)CN1c1ccccc1. The zero-order valence-corrected chi connectivity index (χ0v) is 17.7. The highest BCUT2D eigenvalue weighted by molar-refractivity contribution is 5.93. The number of para-hydroxylation sites is 3. The van der Waals surface area contributed by atoms with E-state index >= 15 is 0 Å². The molecule has 2 amide bonds. The van der Waals surface area contributed by atoms with E-state index < -0.39 is 5.60 Å². The van der Waals surface area contributed by atoms with Crippen LogP contribution >= 0.6 is 12.4 Å². The Balaban J connectivity index is 0.00000231. The second kappa shape index (κ2) is 8.51. The number of hydrogen-bond acceptors (Lipinski definition) is 5. The van der Waals surface area contributed by atoms with Crippen LogP contribution in [0.4, 0.5) is 16.3 Å². The Morgan fingerprint density at radius 3 is 2.45 bits per heavy atom. The first-order valence-electron chi connectivity index (χ1n) is 10.2. The number of fused-ring (bicyclic) bond motifs is 1. The van der Waals surface area contributed by atoms with Crippen molar-refractivity contribution in [2.75, 3.05) is 16.8 Å². The first-order valence-corrected chi connectivity index (χ1v) is 10.2. The molecule has 2 aromatic carbocycles. The molecule has 1 N–H and O–H groups in total. The average Bonchev–Trinajstić information content (AvgIpc) is 3.10. The van der Waals surface area contributed by atoms with Crippen molar-refractivity contribution in [1.82, 2.24) is 9.97 Å². The maximum absolute atomic E-state index is 12.8. The summed E-state index contributed by atoms with van der Waals surface area (Å²) in [5.74, 6) is 0.272. The van der Waals surface area contributed by atoms with Crippen LogP contribution in [0.2, 0.25) is 0 Å². The molecule has 0 bridgehead atoms. The Hall–Kier alpha value is -3.19. The molecule has 0 radical (unpaired) electrons. The highest BCUT2D eigenvalue weighted by Crippen LogP contribution is 2.41. The van der Waals surface area contributed by atoms with Gasteiger partial charge in [0, 0.05) is 11.6 Å². The molecule has 2 heterocycles. The van der Waals surface area contributed by atoms with Crippen LogP contribution in [0.5, 0.6) is 0 Å². The number of nitrogens with zero attached hydrogens (tertiary/aromatic N) is 3. The molecular weight excluding hydrogens is 416 g/mol. The number of rotatable bonds is 3. The Morgan fingerprint density at radius 2 is 1.71 bits per heavy atom. The maximum atomic E-state index is 12.8. The summed E-state index contributed by atoms with van der Waals surface area (Å²) in [6.07, 6.45) is 3.95. The van der Waals surface area contributed by atoms with Crippen LogP contribution < -0.4 is 10.2 Å². The van der Waals surface area contributed by atoms with Gasteiger partial charge in [-0.05, 0) is 49.9 Å². The minimum absolute atomic E-state index is 0. The molecule has 1 spiro atoms. The summed E-state index contributed by atoms with van der Waals surface area (Å²) in [7, 11) is 0. The molecule has 1 saturated heterocycles. The van der Waals surface area contributed by atoms with Gasteiger partial charge in [0.1, 0.15) is 5.60 Å². The topological polar surface area (TPSA) is 84.4 Å². The zero-order valence-electron chi connectivity index (χ0n) is 16.9. The molecule has 0 atom stereocenters. The monoisotopic (exact) mass is 438 g/mol. The van der Waals surface area contributed by atoms with Crippen LogP contribution in [-0.4, -0.2) is 34.1 Å². The summed E-state index contributed by atoms with van der Waals surface area (Å²) < 4.78 is 5.78. The third-order valence-corrected chi connectivity index (χ3v) is 6.01. The first-order chi connectivity index (χ1) is 14.6. The Labute approximate surface area is 186 Å². The molecule has 2 aliphatic rings. The fourth-order valence-electron chi connectivity index (χ4n) is 4.34. The molecule has 0 unspecified atom stereocenters. The third kappa shape index (κ3) is 4.18. The van der Waals surface area contributed by atoms with Gasteiger partial charge in [0.25, 0.3) is 0 Å². The maximum Gasteiger partial charge on any atom is 0.415 e. The van der Waals surface area contributed by atoms with E-state index in [4.69, 9.17) is 4.74 Å². The number of nitrogens with one attached hydrogen (secondary N) is 1. The van der Waals surface area contributed by atoms with Crippen LogP contribution in [0.3, 0.4) is 0 Å². The largest absolute Gasteiger partial charge is 0.441 e. The third-order valence-electron chi connectivity index (χ3n) is 6.01. The number of carbonyl (C=O) groups is 2. The van der Waals surface area contributed by atoms with Gasteiger partial charge in [-0.2, -0.15) is 0 Å². The van der Waals surface area contributed by atoms with E-state index in [2.05, 4.69) is 15.3 Å². The number of carbonyl (C=O) groups excluding carboxylic acids is 2. The summed E-state index contributed by atoms with van der Waals surface area (Å²) >= 11 is 0. The van der Waals surface area contributed by atoms with E-state index in [1.807, 2.05) is 54.6 Å². The molecule has 2 fully saturated rings. The molecule has 1 aliphatic carbocycles. The quantitative estimate of drug-likeness (QED) is 0.647. The van der Waals surface area contributed by atoms with Crippen molar-refractivity contribution in [2.24, 2.45) is 5.92 Å². The van der Waals surface area contributed by atoms with Gasteiger partial charge in [-0.1, -0.05) is 30.3 Å². The normalized spacial score (nSPS) is 22.8. The molecule has 3 aromatic rings. The second-order valence-corrected chi connectivity index (χ2v) is 7.98. The van der Waals surface area contributed by atoms with Crippen molar-refractivity contribution in [1.29, 1.82) is 0 Å². The van der Waals surface area contributed by atoms with Gasteiger partial charge in [-0.15, -0.1) is 12.4 Å². The predicted octanol–water partition coefficient (Wildman–Crippen LogP) is 4.58. The first kappa shape index (κ1) is 21.1. The van der Waals surface area contributed by atoms with E-state index in [1.165, 1.54) is 0 Å². The summed E-state index contributed by atoms with van der Waals surface area (Å²) in [6.45, 7) is 0.528. The average molecular weight is 439 g/mol. The van der Waals surface area contributed by atoms with E-state index in [-0.39, 0.29) is 30.3 Å². The second-order valence-electron chi connectivity index (χ2n) is 7.98. The lowest BCUT2D eigenvalue weighted by molar-refractivity contribution is -0.122. The summed E-state index contributed by atoms with van der Waals surface area (Å²) in [5, 5.41) is 2.90. The van der Waals surface area contributed by atoms with Crippen LogP contribution in [0.25, 0.3) is 11.0 Å². The van der Waals surface area contributed by atoms with E-state index in [1.54, 1.807) is 11.1 Å². The fraction of sp³-hybridized carbons (Fsp3) is 0.304. The molecular formula is C23H23ClN4O3. The van der Waals surface area contributed by atoms with E-state index in [0.29, 0.717) is 38.0 Å². The van der Waals surface area contributed by atoms with Crippen molar-refractivity contribution < 1.29 is 14.3 Å². The zero-order chi connectivity index (χ0) is 20.6. The summed E-state index contributed by atoms with van der Waals surface area (Å²) in [4.78, 5) is 35.7. The van der Waals surface area contributed by atoms with Gasteiger partial charge in [0.15, 0.2) is 5.82 Å². The number of benzene rings is 2. The number of ether oxygens (including phenoxy) is 1. The lowest BCUT2D eigenvalue weighted by Crippen LogP contribution is -2.41. The minimum atomic E-state index is -0.507. The van der Waals surface area contributed by atoms with Crippen LogP contribution in [0, 0.1) is 5.92 Å². The number of hydrogen-bond donors (Lipinski definition) is 1. The summed E-state index contributed by atoms with van der Waals surface area (Å²) in [6, 6.07) is 17.1. The molecule has 1 saturated carbocycles. The van der Waals surface area contributed by atoms with Crippen molar-refractivity contribution in [3.8, 4) is 0 Å². The Morgan fingerprint density at radius 1 is 1.03 bits per heavy atom. The van der Waals surface area contributed by atoms with Crippen molar-refractivity contribution in [3.63, 3.8) is 0 Å². The fourth-order valence-corrected chi connectivity index (χ4v) is 4.34. The van der Waals surface area contributed by atoms with Crippen molar-refractivity contribution >= 4 is 46.9 Å². The molecule has 160 valence electrons. The van der Waals surface area contributed by atoms with E-state index in [9.17, 15) is 9.59 Å². The smallest absolute Gasteiger partial charge is 0.415 e. The van der Waals surface area contributed by atoms with Crippen LogP contribution in [-0.2, 0) is 9.53 Å². The highest BCUT2D eigenvalue weighted by Gasteiger charge is 2.48. The van der Waals surface area contributed by atoms with Gasteiger partial charge < -0.3 is 10.1 Å². The van der Waals surface area contributed by atoms with Gasteiger partial charge in [-0.3, -0.25) is 14.7 Å². The highest BCUT2D eigenvalue weighted by atomic mass is 35.5. The number of halogens is 1.